The molecule has 5 rings (SSSR count). The zero-order valence-electron chi connectivity index (χ0n) is 15.4. The molecule has 28 heavy (non-hydrogen) atoms. The molecule has 2 saturated carbocycles. The third-order valence-electron chi connectivity index (χ3n) is 7.72. The van der Waals surface area contributed by atoms with Crippen molar-refractivity contribution in [1.29, 1.82) is 0 Å². The predicted molar refractivity (Wildman–Crippen MR) is 89.2 cm³/mol. The molecule has 0 aromatic carbocycles. The van der Waals surface area contributed by atoms with E-state index in [1.807, 2.05) is 0 Å². The summed E-state index contributed by atoms with van der Waals surface area (Å²) >= 11 is 0. The Morgan fingerprint density at radius 3 is 2.46 bits per heavy atom. The molecular weight excluding hydrogens is 372 g/mol. The maximum absolute atomic E-state index is 12.3. The summed E-state index contributed by atoms with van der Waals surface area (Å²) < 4.78 is 16.6. The molecule has 0 amide bonds. The maximum Gasteiger partial charge on any atom is 0.338 e. The van der Waals surface area contributed by atoms with Gasteiger partial charge in [0.15, 0.2) is 6.10 Å². The van der Waals surface area contributed by atoms with Gasteiger partial charge in [0.05, 0.1) is 12.0 Å². The van der Waals surface area contributed by atoms with Crippen molar-refractivity contribution in [2.45, 2.75) is 56.1 Å². The van der Waals surface area contributed by atoms with E-state index >= 15 is 0 Å². The molecule has 1 spiro atoms. The van der Waals surface area contributed by atoms with Gasteiger partial charge < -0.3 is 34.6 Å². The first-order valence-corrected chi connectivity index (χ1v) is 9.18. The molecule has 2 aliphatic carbocycles. The average Bonchev–Trinajstić information content (AvgIpc) is 3.22. The lowest BCUT2D eigenvalue weighted by atomic mass is 9.49. The summed E-state index contributed by atoms with van der Waals surface area (Å²) in [7, 11) is 0. The van der Waals surface area contributed by atoms with Gasteiger partial charge in [-0.1, -0.05) is 13.5 Å². The molecule has 0 aromatic heterocycles. The molecular formula is C19H22O9. The van der Waals surface area contributed by atoms with Crippen LogP contribution in [0.25, 0.3) is 0 Å². The molecule has 9 nitrogen and oxygen atoms in total. The van der Waals surface area contributed by atoms with Crippen LogP contribution in [0.2, 0.25) is 0 Å². The molecule has 3 heterocycles. The van der Waals surface area contributed by atoms with Gasteiger partial charge in [0.1, 0.15) is 23.9 Å². The Morgan fingerprint density at radius 1 is 1.18 bits per heavy atom. The van der Waals surface area contributed by atoms with E-state index < -0.39 is 64.5 Å². The molecule has 2 bridgehead atoms. The van der Waals surface area contributed by atoms with Gasteiger partial charge in [0, 0.05) is 17.4 Å². The topological polar surface area (TPSA) is 143 Å². The molecule has 2 saturated heterocycles. The van der Waals surface area contributed by atoms with Gasteiger partial charge in [-0.3, -0.25) is 0 Å². The Hall–Kier alpha value is -1.78. The fourth-order valence-electron chi connectivity index (χ4n) is 6.75. The average molecular weight is 394 g/mol. The third kappa shape index (κ3) is 1.57. The molecule has 152 valence electrons. The van der Waals surface area contributed by atoms with Crippen LogP contribution in [0.1, 0.15) is 20.3 Å². The van der Waals surface area contributed by atoms with Crippen LogP contribution < -0.4 is 0 Å². The van der Waals surface area contributed by atoms with Crippen molar-refractivity contribution in [3.05, 3.63) is 23.8 Å². The molecule has 3 aliphatic heterocycles. The number of aliphatic hydroxyl groups is 4. The van der Waals surface area contributed by atoms with Gasteiger partial charge in [0.25, 0.3) is 0 Å². The van der Waals surface area contributed by atoms with Gasteiger partial charge in [-0.15, -0.1) is 0 Å². The lowest BCUT2D eigenvalue weighted by molar-refractivity contribution is -0.294. The Morgan fingerprint density at radius 2 is 1.86 bits per heavy atom. The fraction of sp³-hybridized carbons (Fsp3) is 0.684. The number of rotatable bonds is 1. The standard InChI is InChI=1S/C19H22O9/c1-7-4-10(20)28-13(7)16(3)5-9-17-6-26-19(25,15(16)17)11(21)8(2)18(17,24)12(22)14(23)27-9/h4,9,11-13,15,21-22,24-25H,2,5-6H2,1,3H3/t9-,11-,12+,13-,15-,16-,17-,18+,19-/m1/s1. The van der Waals surface area contributed by atoms with E-state index in [2.05, 4.69) is 6.58 Å². The minimum atomic E-state index is -2.27. The van der Waals surface area contributed by atoms with E-state index in [1.54, 1.807) is 13.8 Å². The third-order valence-corrected chi connectivity index (χ3v) is 7.72. The van der Waals surface area contributed by atoms with Crippen molar-refractivity contribution >= 4 is 11.9 Å². The first kappa shape index (κ1) is 18.3. The SMILES string of the molecule is C=C1[C@@H](O)[C@@]2(O)OC[C@@]34[C@@H](C[C@](C)([C@@H]5OC(=O)C=C5C)[C@@H]23)OC(=O)[C@H](O)[C@@]14O. The molecule has 4 N–H and O–H groups in total. The van der Waals surface area contributed by atoms with E-state index in [4.69, 9.17) is 14.2 Å². The molecule has 9 atom stereocenters. The Bertz CT molecular complexity index is 865. The van der Waals surface area contributed by atoms with Crippen LogP contribution in [0.3, 0.4) is 0 Å². The summed E-state index contributed by atoms with van der Waals surface area (Å²) in [5.41, 5.74) is -4.45. The zero-order valence-corrected chi connectivity index (χ0v) is 15.4. The van der Waals surface area contributed by atoms with Crippen LogP contribution in [-0.4, -0.2) is 74.8 Å². The number of cyclic esters (lactones) is 1. The van der Waals surface area contributed by atoms with Crippen LogP contribution in [0, 0.1) is 16.7 Å². The highest BCUT2D eigenvalue weighted by Gasteiger charge is 2.88. The lowest BCUT2D eigenvalue weighted by Gasteiger charge is -2.59. The van der Waals surface area contributed by atoms with Crippen LogP contribution in [-0.2, 0) is 23.8 Å². The van der Waals surface area contributed by atoms with E-state index in [9.17, 15) is 30.0 Å². The second-order valence-electron chi connectivity index (χ2n) is 8.95. The Labute approximate surface area is 160 Å². The number of ether oxygens (including phenoxy) is 3. The lowest BCUT2D eigenvalue weighted by Crippen LogP contribution is -2.76. The van der Waals surface area contributed by atoms with Gasteiger partial charge in [-0.05, 0) is 24.5 Å². The van der Waals surface area contributed by atoms with E-state index in [0.29, 0.717) is 5.57 Å². The van der Waals surface area contributed by atoms with Crippen molar-refractivity contribution in [2.75, 3.05) is 6.61 Å². The number of aliphatic hydroxyl groups excluding tert-OH is 2. The van der Waals surface area contributed by atoms with Crippen molar-refractivity contribution in [2.24, 2.45) is 16.7 Å². The predicted octanol–water partition coefficient (Wildman–Crippen LogP) is -1.46. The first-order valence-electron chi connectivity index (χ1n) is 9.18. The Kier molecular flexibility index (Phi) is 3.16. The fourth-order valence-corrected chi connectivity index (χ4v) is 6.75. The van der Waals surface area contributed by atoms with Crippen molar-refractivity contribution in [3.8, 4) is 0 Å². The summed E-state index contributed by atoms with van der Waals surface area (Å²) in [4.78, 5) is 24.2. The quantitative estimate of drug-likeness (QED) is 0.310. The van der Waals surface area contributed by atoms with Gasteiger partial charge in [-0.2, -0.15) is 0 Å². The number of hydrogen-bond acceptors (Lipinski definition) is 9. The highest BCUT2D eigenvalue weighted by Crippen LogP contribution is 2.75. The Balaban J connectivity index is 1.77. The van der Waals surface area contributed by atoms with Crippen molar-refractivity contribution in [1.82, 2.24) is 0 Å². The van der Waals surface area contributed by atoms with E-state index in [0.717, 1.165) is 0 Å². The van der Waals surface area contributed by atoms with Crippen LogP contribution in [0.5, 0.6) is 0 Å². The second-order valence-corrected chi connectivity index (χ2v) is 8.95. The molecule has 9 heteroatoms. The van der Waals surface area contributed by atoms with Crippen LogP contribution in [0.4, 0.5) is 0 Å². The van der Waals surface area contributed by atoms with Gasteiger partial charge in [-0.25, -0.2) is 9.59 Å². The van der Waals surface area contributed by atoms with Gasteiger partial charge >= 0.3 is 11.9 Å². The number of esters is 2. The summed E-state index contributed by atoms with van der Waals surface area (Å²) in [5, 5.41) is 44.4. The van der Waals surface area contributed by atoms with Crippen molar-refractivity contribution < 1.29 is 44.2 Å². The molecule has 4 fully saturated rings. The van der Waals surface area contributed by atoms with E-state index in [1.165, 1.54) is 6.08 Å². The monoisotopic (exact) mass is 394 g/mol. The number of carbonyl (C=O) groups excluding carboxylic acids is 2. The molecule has 0 aromatic rings. The highest BCUT2D eigenvalue weighted by molar-refractivity contribution is 5.86. The minimum Gasteiger partial charge on any atom is -0.460 e. The van der Waals surface area contributed by atoms with Crippen molar-refractivity contribution in [3.63, 3.8) is 0 Å². The first-order chi connectivity index (χ1) is 12.9. The summed E-state index contributed by atoms with van der Waals surface area (Å²) in [6, 6.07) is 0. The summed E-state index contributed by atoms with van der Waals surface area (Å²) in [5.74, 6) is -4.73. The summed E-state index contributed by atoms with van der Waals surface area (Å²) in [6.45, 7) is 6.85. The molecule has 0 radical (unpaired) electrons. The highest BCUT2D eigenvalue weighted by atomic mass is 16.7. The van der Waals surface area contributed by atoms with E-state index in [-0.39, 0.29) is 18.6 Å². The second kappa shape index (κ2) is 4.85. The minimum absolute atomic E-state index is 0.132. The smallest absolute Gasteiger partial charge is 0.338 e. The van der Waals surface area contributed by atoms with Crippen LogP contribution >= 0.6 is 0 Å². The largest absolute Gasteiger partial charge is 0.460 e. The molecule has 0 unspecified atom stereocenters. The number of hydrogen-bond donors (Lipinski definition) is 4. The zero-order chi connectivity index (χ0) is 20.4. The summed E-state index contributed by atoms with van der Waals surface area (Å²) in [6.07, 6.45) is -4.00. The normalized spacial score (nSPS) is 57.0. The molecule has 5 aliphatic rings. The van der Waals surface area contributed by atoms with Crippen LogP contribution in [0.15, 0.2) is 23.8 Å². The number of carbonyl (C=O) groups is 2. The van der Waals surface area contributed by atoms with Gasteiger partial charge in [0.2, 0.25) is 5.79 Å². The maximum atomic E-state index is 12.3.